The number of carbonyl (C=O) groups is 1. The summed E-state index contributed by atoms with van der Waals surface area (Å²) in [6.45, 7) is 5.71. The van der Waals surface area contributed by atoms with Crippen LogP contribution in [0.5, 0.6) is 0 Å². The third-order valence-electron chi connectivity index (χ3n) is 3.00. The number of amides is 1. The van der Waals surface area contributed by atoms with Crippen LogP contribution in [-0.2, 0) is 21.4 Å². The molecule has 1 amide bonds. The normalized spacial score (nSPS) is 11.2. The van der Waals surface area contributed by atoms with Gasteiger partial charge in [0.15, 0.2) is 0 Å². The van der Waals surface area contributed by atoms with Crippen LogP contribution in [0.1, 0.15) is 19.5 Å². The smallest absolute Gasteiger partial charge is 0.262 e. The number of hydrogen-bond acceptors (Lipinski definition) is 4. The molecular formula is C14H18N4O3S. The molecule has 0 saturated carbocycles. The van der Waals surface area contributed by atoms with Crippen LogP contribution in [0, 0.1) is 6.92 Å². The fourth-order valence-corrected chi connectivity index (χ4v) is 3.01. The highest BCUT2D eigenvalue weighted by atomic mass is 32.2. The Labute approximate surface area is 129 Å². The zero-order valence-electron chi connectivity index (χ0n) is 12.6. The van der Waals surface area contributed by atoms with Crippen molar-refractivity contribution in [2.75, 3.05) is 10.0 Å². The zero-order chi connectivity index (χ0) is 16.3. The molecule has 7 nitrogen and oxygen atoms in total. The molecule has 0 saturated heterocycles. The van der Waals surface area contributed by atoms with Crippen LogP contribution in [-0.4, -0.2) is 24.1 Å². The molecule has 0 spiro atoms. The summed E-state index contributed by atoms with van der Waals surface area (Å²) in [7, 11) is -3.69. The lowest BCUT2D eigenvalue weighted by atomic mass is 10.3. The van der Waals surface area contributed by atoms with E-state index in [1.54, 1.807) is 17.8 Å². The van der Waals surface area contributed by atoms with Crippen molar-refractivity contribution in [3.8, 4) is 0 Å². The van der Waals surface area contributed by atoms with Crippen molar-refractivity contribution in [2.24, 2.45) is 0 Å². The summed E-state index contributed by atoms with van der Waals surface area (Å²) in [6.07, 6.45) is 1.65. The predicted molar refractivity (Wildman–Crippen MR) is 84.2 cm³/mol. The standard InChI is InChI=1S/C14H18N4O3S/c1-4-18-9-14(10(2)16-18)17-22(20,21)13-7-5-12(6-8-13)15-11(3)19/h5-9,17H,4H2,1-3H3,(H,15,19). The van der Waals surface area contributed by atoms with Gasteiger partial charge in [-0.3, -0.25) is 14.2 Å². The highest BCUT2D eigenvalue weighted by Gasteiger charge is 2.17. The largest absolute Gasteiger partial charge is 0.326 e. The van der Waals surface area contributed by atoms with Gasteiger partial charge >= 0.3 is 0 Å². The molecule has 2 aromatic rings. The van der Waals surface area contributed by atoms with Gasteiger partial charge in [0.1, 0.15) is 0 Å². The van der Waals surface area contributed by atoms with Crippen LogP contribution in [0.4, 0.5) is 11.4 Å². The van der Waals surface area contributed by atoms with Crippen LogP contribution in [0.2, 0.25) is 0 Å². The van der Waals surface area contributed by atoms with Gasteiger partial charge in [-0.1, -0.05) is 0 Å². The molecule has 1 heterocycles. The maximum absolute atomic E-state index is 12.3. The van der Waals surface area contributed by atoms with Gasteiger partial charge in [-0.2, -0.15) is 5.10 Å². The van der Waals surface area contributed by atoms with E-state index in [9.17, 15) is 13.2 Å². The van der Waals surface area contributed by atoms with Crippen molar-refractivity contribution in [2.45, 2.75) is 32.2 Å². The van der Waals surface area contributed by atoms with Crippen molar-refractivity contribution >= 4 is 27.3 Å². The van der Waals surface area contributed by atoms with Crippen molar-refractivity contribution < 1.29 is 13.2 Å². The van der Waals surface area contributed by atoms with Crippen molar-refractivity contribution in [1.29, 1.82) is 0 Å². The van der Waals surface area contributed by atoms with Crippen molar-refractivity contribution in [1.82, 2.24) is 9.78 Å². The van der Waals surface area contributed by atoms with E-state index in [-0.39, 0.29) is 10.8 Å². The lowest BCUT2D eigenvalue weighted by Crippen LogP contribution is -2.13. The Hall–Kier alpha value is -2.35. The molecule has 0 radical (unpaired) electrons. The van der Waals surface area contributed by atoms with Crippen LogP contribution >= 0.6 is 0 Å². The first kappa shape index (κ1) is 16.0. The Kier molecular flexibility index (Phi) is 4.51. The molecule has 8 heteroatoms. The minimum Gasteiger partial charge on any atom is -0.326 e. The molecule has 2 N–H and O–H groups in total. The summed E-state index contributed by atoms with van der Waals surface area (Å²) in [5.41, 5.74) is 1.61. The summed E-state index contributed by atoms with van der Waals surface area (Å²) in [6, 6.07) is 5.96. The second-order valence-corrected chi connectivity index (χ2v) is 6.48. The molecule has 2 rings (SSSR count). The van der Waals surface area contributed by atoms with E-state index in [1.807, 2.05) is 6.92 Å². The maximum atomic E-state index is 12.3. The van der Waals surface area contributed by atoms with Gasteiger partial charge in [0.05, 0.1) is 16.3 Å². The molecular weight excluding hydrogens is 304 g/mol. The van der Waals surface area contributed by atoms with Gasteiger partial charge in [0.25, 0.3) is 10.0 Å². The summed E-state index contributed by atoms with van der Waals surface area (Å²) in [5.74, 6) is -0.212. The molecule has 118 valence electrons. The second kappa shape index (κ2) is 6.18. The monoisotopic (exact) mass is 322 g/mol. The minimum absolute atomic E-state index is 0.116. The molecule has 0 unspecified atom stereocenters. The Bertz CT molecular complexity index is 779. The topological polar surface area (TPSA) is 93.1 Å². The van der Waals surface area contributed by atoms with Gasteiger partial charge in [0, 0.05) is 25.4 Å². The van der Waals surface area contributed by atoms with E-state index in [1.165, 1.54) is 31.2 Å². The quantitative estimate of drug-likeness (QED) is 0.880. The number of benzene rings is 1. The lowest BCUT2D eigenvalue weighted by molar-refractivity contribution is -0.114. The maximum Gasteiger partial charge on any atom is 0.262 e. The summed E-state index contributed by atoms with van der Waals surface area (Å²) in [4.78, 5) is 11.1. The molecule has 0 atom stereocenters. The van der Waals surface area contributed by atoms with Crippen LogP contribution < -0.4 is 10.0 Å². The number of sulfonamides is 1. The molecule has 0 aliphatic rings. The Morgan fingerprint density at radius 1 is 1.27 bits per heavy atom. The van der Waals surface area contributed by atoms with Crippen LogP contribution in [0.3, 0.4) is 0 Å². The first-order chi connectivity index (χ1) is 10.3. The van der Waals surface area contributed by atoms with Gasteiger partial charge in [-0.05, 0) is 38.1 Å². The Morgan fingerprint density at radius 3 is 2.41 bits per heavy atom. The van der Waals surface area contributed by atoms with E-state index >= 15 is 0 Å². The molecule has 1 aromatic carbocycles. The van der Waals surface area contributed by atoms with Crippen molar-refractivity contribution in [3.63, 3.8) is 0 Å². The number of nitrogens with zero attached hydrogens (tertiary/aromatic N) is 2. The second-order valence-electron chi connectivity index (χ2n) is 4.79. The molecule has 1 aromatic heterocycles. The molecule has 0 aliphatic heterocycles. The first-order valence-corrected chi connectivity index (χ1v) is 8.24. The SMILES string of the molecule is CCn1cc(NS(=O)(=O)c2ccc(NC(C)=O)cc2)c(C)n1. The van der Waals surface area contributed by atoms with Crippen LogP contribution in [0.25, 0.3) is 0 Å². The molecule has 22 heavy (non-hydrogen) atoms. The number of rotatable bonds is 5. The average molecular weight is 322 g/mol. The van der Waals surface area contributed by atoms with Gasteiger partial charge in [0.2, 0.25) is 5.91 Å². The number of anilines is 2. The van der Waals surface area contributed by atoms with E-state index in [4.69, 9.17) is 0 Å². The Morgan fingerprint density at radius 2 is 1.91 bits per heavy atom. The molecule has 0 bridgehead atoms. The lowest BCUT2D eigenvalue weighted by Gasteiger charge is -2.08. The fraction of sp³-hybridized carbons (Fsp3) is 0.286. The van der Waals surface area contributed by atoms with Gasteiger partial charge in [-0.25, -0.2) is 8.42 Å². The predicted octanol–water partition coefficient (Wildman–Crippen LogP) is 1.97. The highest BCUT2D eigenvalue weighted by molar-refractivity contribution is 7.92. The first-order valence-electron chi connectivity index (χ1n) is 6.76. The van der Waals surface area contributed by atoms with Gasteiger partial charge in [-0.15, -0.1) is 0 Å². The van der Waals surface area contributed by atoms with Crippen LogP contribution in [0.15, 0.2) is 35.4 Å². The average Bonchev–Trinajstić information content (AvgIpc) is 2.79. The van der Waals surface area contributed by atoms with Crippen molar-refractivity contribution in [3.05, 3.63) is 36.2 Å². The highest BCUT2D eigenvalue weighted by Crippen LogP contribution is 2.20. The number of nitrogens with one attached hydrogen (secondary N) is 2. The number of aromatic nitrogens is 2. The number of carbonyl (C=O) groups excluding carboxylic acids is 1. The van der Waals surface area contributed by atoms with E-state index < -0.39 is 10.0 Å². The zero-order valence-corrected chi connectivity index (χ0v) is 13.4. The minimum atomic E-state index is -3.69. The van der Waals surface area contributed by atoms with E-state index in [0.717, 1.165) is 0 Å². The summed E-state index contributed by atoms with van der Waals surface area (Å²) >= 11 is 0. The third-order valence-corrected chi connectivity index (χ3v) is 4.38. The van der Waals surface area contributed by atoms with E-state index in [2.05, 4.69) is 15.1 Å². The molecule has 0 aliphatic carbocycles. The summed E-state index contributed by atoms with van der Waals surface area (Å²) < 4.78 is 28.9. The summed E-state index contributed by atoms with van der Waals surface area (Å²) in [5, 5.41) is 6.78. The Balaban J connectivity index is 2.22. The fourth-order valence-electron chi connectivity index (χ4n) is 1.90. The van der Waals surface area contributed by atoms with E-state index in [0.29, 0.717) is 23.6 Å². The molecule has 0 fully saturated rings. The third kappa shape index (κ3) is 3.64. The number of hydrogen-bond donors (Lipinski definition) is 2. The van der Waals surface area contributed by atoms with Gasteiger partial charge < -0.3 is 5.32 Å². The number of aryl methyl sites for hydroxylation is 2.